The van der Waals surface area contributed by atoms with Gasteiger partial charge in [-0.1, -0.05) is 26.0 Å². The van der Waals surface area contributed by atoms with Crippen LogP contribution in [0.15, 0.2) is 48.8 Å². The highest BCUT2D eigenvalue weighted by Gasteiger charge is 2.50. The number of fused-ring (bicyclic) bond motifs is 4. The summed E-state index contributed by atoms with van der Waals surface area (Å²) in [5, 5.41) is 0. The topological polar surface area (TPSA) is 41.4 Å². The van der Waals surface area contributed by atoms with E-state index in [0.717, 1.165) is 36.6 Å². The van der Waals surface area contributed by atoms with E-state index in [1.165, 1.54) is 5.69 Å². The van der Waals surface area contributed by atoms with Gasteiger partial charge in [0, 0.05) is 38.4 Å². The second-order valence-electron chi connectivity index (χ2n) is 8.35. The van der Waals surface area contributed by atoms with E-state index in [2.05, 4.69) is 66.2 Å². The molecule has 0 aromatic carbocycles. The van der Waals surface area contributed by atoms with Crippen molar-refractivity contribution in [2.75, 3.05) is 24.5 Å². The molecule has 4 heterocycles. The lowest BCUT2D eigenvalue weighted by molar-refractivity contribution is -0.131. The van der Waals surface area contributed by atoms with E-state index in [1.54, 1.807) is 0 Å². The van der Waals surface area contributed by atoms with Crippen molar-refractivity contribution in [2.24, 2.45) is 5.92 Å². The fourth-order valence-electron chi connectivity index (χ4n) is 4.52. The average Bonchev–Trinajstić information content (AvgIpc) is 3.26. The second-order valence-corrected chi connectivity index (χ2v) is 8.35. The predicted molar refractivity (Wildman–Crippen MR) is 108 cm³/mol. The van der Waals surface area contributed by atoms with E-state index in [9.17, 15) is 4.79 Å². The van der Waals surface area contributed by atoms with Gasteiger partial charge in [-0.15, -0.1) is 0 Å². The maximum Gasteiger partial charge on any atom is 0.222 e. The minimum Gasteiger partial charge on any atom is -0.351 e. The average molecular weight is 364 g/mol. The lowest BCUT2D eigenvalue weighted by Gasteiger charge is -2.47. The number of anilines is 1. The number of rotatable bonds is 4. The summed E-state index contributed by atoms with van der Waals surface area (Å²) in [4.78, 5) is 21.9. The molecule has 0 saturated carbocycles. The summed E-state index contributed by atoms with van der Waals surface area (Å²) in [7, 11) is 0. The Hall–Kier alpha value is -2.56. The van der Waals surface area contributed by atoms with Crippen LogP contribution >= 0.6 is 0 Å². The number of likely N-dealkylation sites (tertiary alicyclic amines) is 1. The number of hydrogen-bond acceptors (Lipinski definition) is 3. The molecule has 2 aromatic heterocycles. The molecule has 1 amide bonds. The van der Waals surface area contributed by atoms with Crippen LogP contribution in [0.3, 0.4) is 0 Å². The van der Waals surface area contributed by atoms with Gasteiger partial charge < -0.3 is 14.4 Å². The zero-order chi connectivity index (χ0) is 19.2. The molecular weight excluding hydrogens is 336 g/mol. The van der Waals surface area contributed by atoms with Crippen LogP contribution in [0.1, 0.15) is 39.3 Å². The Morgan fingerprint density at radius 3 is 2.89 bits per heavy atom. The molecule has 1 fully saturated rings. The molecule has 142 valence electrons. The van der Waals surface area contributed by atoms with Crippen LogP contribution < -0.4 is 4.90 Å². The molecular formula is C22H28N4O. The summed E-state index contributed by atoms with van der Waals surface area (Å²) in [5.41, 5.74) is 3.21. The first-order chi connectivity index (χ1) is 12.9. The third-order valence-corrected chi connectivity index (χ3v) is 5.64. The number of nitrogens with zero attached hydrogens (tertiary/aromatic N) is 4. The van der Waals surface area contributed by atoms with Gasteiger partial charge in [0.1, 0.15) is 5.54 Å². The molecule has 2 aliphatic heterocycles. The summed E-state index contributed by atoms with van der Waals surface area (Å²) < 4.78 is 2.20. The SMILES string of the molecule is C=C(C)CN1c2cccnc2-n2cccc2[C@@]12CCN(C(=O)CC(C)C)C2. The summed E-state index contributed by atoms with van der Waals surface area (Å²) >= 11 is 0. The third-order valence-electron chi connectivity index (χ3n) is 5.64. The monoisotopic (exact) mass is 364 g/mol. The molecule has 5 nitrogen and oxygen atoms in total. The van der Waals surface area contributed by atoms with Crippen molar-refractivity contribution in [1.82, 2.24) is 14.5 Å². The fraction of sp³-hybridized carbons (Fsp3) is 0.455. The van der Waals surface area contributed by atoms with Crippen molar-refractivity contribution in [3.8, 4) is 5.82 Å². The van der Waals surface area contributed by atoms with Gasteiger partial charge in [0.25, 0.3) is 0 Å². The van der Waals surface area contributed by atoms with Gasteiger partial charge in [0.15, 0.2) is 5.82 Å². The third kappa shape index (κ3) is 2.85. The molecule has 5 heteroatoms. The van der Waals surface area contributed by atoms with Crippen molar-refractivity contribution < 1.29 is 4.79 Å². The maximum atomic E-state index is 12.8. The number of hydrogen-bond donors (Lipinski definition) is 0. The number of pyridine rings is 1. The Balaban J connectivity index is 1.79. The highest BCUT2D eigenvalue weighted by molar-refractivity contribution is 5.77. The van der Waals surface area contributed by atoms with Gasteiger partial charge in [-0.3, -0.25) is 4.79 Å². The summed E-state index contributed by atoms with van der Waals surface area (Å²) in [5.74, 6) is 1.59. The molecule has 1 atom stereocenters. The molecule has 0 unspecified atom stereocenters. The molecule has 1 saturated heterocycles. The first kappa shape index (κ1) is 17.8. The van der Waals surface area contributed by atoms with Gasteiger partial charge in [-0.2, -0.15) is 0 Å². The molecule has 27 heavy (non-hydrogen) atoms. The van der Waals surface area contributed by atoms with Crippen LogP contribution in [0.4, 0.5) is 5.69 Å². The van der Waals surface area contributed by atoms with Gasteiger partial charge in [0.05, 0.1) is 11.4 Å². The second kappa shape index (κ2) is 6.55. The van der Waals surface area contributed by atoms with Crippen LogP contribution in [0.2, 0.25) is 0 Å². The van der Waals surface area contributed by atoms with Crippen molar-refractivity contribution in [1.29, 1.82) is 0 Å². The molecule has 1 spiro atoms. The first-order valence-electron chi connectivity index (χ1n) is 9.75. The van der Waals surface area contributed by atoms with Crippen molar-refractivity contribution in [3.63, 3.8) is 0 Å². The number of carbonyl (C=O) groups excluding carboxylic acids is 1. The van der Waals surface area contributed by atoms with Crippen molar-refractivity contribution in [2.45, 2.75) is 39.2 Å². The molecule has 2 aromatic rings. The van der Waals surface area contributed by atoms with Crippen LogP contribution in [-0.2, 0) is 10.3 Å². The maximum absolute atomic E-state index is 12.8. The summed E-state index contributed by atoms with van der Waals surface area (Å²) in [6.07, 6.45) is 5.45. The van der Waals surface area contributed by atoms with Crippen molar-refractivity contribution >= 4 is 11.6 Å². The van der Waals surface area contributed by atoms with E-state index >= 15 is 0 Å². The van der Waals surface area contributed by atoms with Gasteiger partial charge in [-0.05, 0) is 43.5 Å². The van der Waals surface area contributed by atoms with Crippen LogP contribution in [0.25, 0.3) is 5.82 Å². The highest BCUT2D eigenvalue weighted by atomic mass is 16.2. The molecule has 0 aliphatic carbocycles. The Bertz CT molecular complexity index is 884. The smallest absolute Gasteiger partial charge is 0.222 e. The number of carbonyl (C=O) groups is 1. The minimum atomic E-state index is -0.231. The highest BCUT2D eigenvalue weighted by Crippen LogP contribution is 2.47. The zero-order valence-corrected chi connectivity index (χ0v) is 16.5. The fourth-order valence-corrected chi connectivity index (χ4v) is 4.52. The Labute approximate surface area is 161 Å². The van der Waals surface area contributed by atoms with Crippen molar-refractivity contribution in [3.05, 3.63) is 54.5 Å². The molecule has 0 radical (unpaired) electrons. The summed E-state index contributed by atoms with van der Waals surface area (Å²) in [6, 6.07) is 8.38. The standard InChI is InChI=1S/C22H28N4O/c1-16(2)13-20(27)24-12-9-22(15-24)19-8-6-11-25(19)21-18(7-5-10-23-21)26(22)14-17(3)4/h5-8,10-11,16H,3,9,12-15H2,1-2,4H3/t22-/m0/s1. The van der Waals surface area contributed by atoms with Gasteiger partial charge in [0.2, 0.25) is 5.91 Å². The number of aromatic nitrogens is 2. The molecule has 4 rings (SSSR count). The Morgan fingerprint density at radius 1 is 1.33 bits per heavy atom. The quantitative estimate of drug-likeness (QED) is 0.776. The Kier molecular flexibility index (Phi) is 4.33. The lowest BCUT2D eigenvalue weighted by Crippen LogP contribution is -2.53. The predicted octanol–water partition coefficient (Wildman–Crippen LogP) is 3.74. The zero-order valence-electron chi connectivity index (χ0n) is 16.5. The van der Waals surface area contributed by atoms with Crippen LogP contribution in [-0.4, -0.2) is 40.0 Å². The largest absolute Gasteiger partial charge is 0.351 e. The molecule has 0 N–H and O–H groups in total. The normalized spacial score (nSPS) is 20.9. The van der Waals surface area contributed by atoms with E-state index < -0.39 is 0 Å². The minimum absolute atomic E-state index is 0.231. The lowest BCUT2D eigenvalue weighted by atomic mass is 9.88. The van der Waals surface area contributed by atoms with Crippen LogP contribution in [0.5, 0.6) is 0 Å². The molecule has 0 bridgehead atoms. The molecule has 2 aliphatic rings. The van der Waals surface area contributed by atoms with Gasteiger partial charge >= 0.3 is 0 Å². The summed E-state index contributed by atoms with van der Waals surface area (Å²) in [6.45, 7) is 12.7. The van der Waals surface area contributed by atoms with E-state index in [1.807, 2.05) is 17.2 Å². The number of amides is 1. The van der Waals surface area contributed by atoms with E-state index in [-0.39, 0.29) is 11.4 Å². The van der Waals surface area contributed by atoms with Crippen LogP contribution in [0, 0.1) is 5.92 Å². The first-order valence-corrected chi connectivity index (χ1v) is 9.75. The van der Waals surface area contributed by atoms with E-state index in [4.69, 9.17) is 0 Å². The van der Waals surface area contributed by atoms with E-state index in [0.29, 0.717) is 18.9 Å². The Morgan fingerprint density at radius 2 is 2.15 bits per heavy atom. The van der Waals surface area contributed by atoms with Gasteiger partial charge in [-0.25, -0.2) is 4.98 Å².